The number of nitrogens with zero attached hydrogens (tertiary/aromatic N) is 2. The minimum atomic E-state index is 0.167. The van der Waals surface area contributed by atoms with Gasteiger partial charge in [0, 0.05) is 44.6 Å². The molecule has 0 aromatic rings. The van der Waals surface area contributed by atoms with E-state index in [1.165, 1.54) is 0 Å². The van der Waals surface area contributed by atoms with Gasteiger partial charge in [0.2, 0.25) is 5.91 Å². The second-order valence-electron chi connectivity index (χ2n) is 6.09. The zero-order valence-corrected chi connectivity index (χ0v) is 12.2. The lowest BCUT2D eigenvalue weighted by Gasteiger charge is -2.42. The number of hydrogen-bond acceptors (Lipinski definition) is 3. The van der Waals surface area contributed by atoms with Gasteiger partial charge in [0.15, 0.2) is 0 Å². The van der Waals surface area contributed by atoms with Crippen molar-refractivity contribution in [3.8, 4) is 0 Å². The van der Waals surface area contributed by atoms with E-state index in [4.69, 9.17) is 0 Å². The first kappa shape index (κ1) is 15.2. The van der Waals surface area contributed by atoms with E-state index < -0.39 is 0 Å². The van der Waals surface area contributed by atoms with Crippen molar-refractivity contribution >= 4 is 11.7 Å². The molecule has 1 aliphatic heterocycles. The van der Waals surface area contributed by atoms with Crippen molar-refractivity contribution in [3.63, 3.8) is 0 Å². The van der Waals surface area contributed by atoms with Gasteiger partial charge in [-0.1, -0.05) is 0 Å². The molecule has 18 heavy (non-hydrogen) atoms. The third-order valence-electron chi connectivity index (χ3n) is 3.50. The Labute approximate surface area is 110 Å². The first-order valence-electron chi connectivity index (χ1n) is 6.83. The smallest absolute Gasteiger partial charge is 0.222 e. The van der Waals surface area contributed by atoms with Crippen LogP contribution in [0.1, 0.15) is 47.0 Å². The first-order valence-corrected chi connectivity index (χ1v) is 6.83. The van der Waals surface area contributed by atoms with Gasteiger partial charge >= 0.3 is 0 Å². The zero-order chi connectivity index (χ0) is 13.8. The van der Waals surface area contributed by atoms with Crippen LogP contribution >= 0.6 is 0 Å². The van der Waals surface area contributed by atoms with Gasteiger partial charge < -0.3 is 9.69 Å². The number of rotatable bonds is 4. The van der Waals surface area contributed by atoms with Crippen molar-refractivity contribution < 1.29 is 9.59 Å². The molecule has 1 fully saturated rings. The molecule has 0 aromatic heterocycles. The van der Waals surface area contributed by atoms with Gasteiger partial charge in [-0.3, -0.25) is 9.69 Å². The maximum atomic E-state index is 11.9. The molecule has 104 valence electrons. The predicted molar refractivity (Wildman–Crippen MR) is 72.4 cm³/mol. The van der Waals surface area contributed by atoms with Crippen LogP contribution in [0.3, 0.4) is 0 Å². The monoisotopic (exact) mass is 254 g/mol. The standard InChI is InChI=1S/C14H26N2O2/c1-12(17)6-5-7-13(18)15-8-10-16(11-9-15)14(2,3)4/h5-11H2,1-4H3. The number of hydrogen-bond donors (Lipinski definition) is 0. The molecular weight excluding hydrogens is 228 g/mol. The normalized spacial score (nSPS) is 17.9. The summed E-state index contributed by atoms with van der Waals surface area (Å²) in [5, 5.41) is 0. The van der Waals surface area contributed by atoms with E-state index in [1.54, 1.807) is 6.92 Å². The Kier molecular flexibility index (Phi) is 5.32. The molecule has 1 heterocycles. The highest BCUT2D eigenvalue weighted by molar-refractivity contribution is 5.78. The molecular formula is C14H26N2O2. The minimum Gasteiger partial charge on any atom is -0.340 e. The van der Waals surface area contributed by atoms with Crippen LogP contribution in [0.5, 0.6) is 0 Å². The highest BCUT2D eigenvalue weighted by atomic mass is 16.2. The fraction of sp³-hybridized carbons (Fsp3) is 0.857. The summed E-state index contributed by atoms with van der Waals surface area (Å²) < 4.78 is 0. The SMILES string of the molecule is CC(=O)CCCC(=O)N1CCN(C(C)(C)C)CC1. The summed E-state index contributed by atoms with van der Waals surface area (Å²) in [5.41, 5.74) is 0.184. The summed E-state index contributed by atoms with van der Waals surface area (Å²) in [6, 6.07) is 0. The lowest BCUT2D eigenvalue weighted by atomic mass is 10.0. The second kappa shape index (κ2) is 6.32. The topological polar surface area (TPSA) is 40.6 Å². The molecule has 0 spiro atoms. The Morgan fingerprint density at radius 2 is 1.56 bits per heavy atom. The summed E-state index contributed by atoms with van der Waals surface area (Å²) >= 11 is 0. The van der Waals surface area contributed by atoms with Crippen molar-refractivity contribution in [2.45, 2.75) is 52.5 Å². The molecule has 0 bridgehead atoms. The largest absolute Gasteiger partial charge is 0.340 e. The van der Waals surface area contributed by atoms with Gasteiger partial charge in [-0.25, -0.2) is 0 Å². The molecule has 0 aliphatic carbocycles. The van der Waals surface area contributed by atoms with Crippen molar-refractivity contribution in [3.05, 3.63) is 0 Å². The minimum absolute atomic E-state index is 0.167. The number of Topliss-reactive ketones (excluding diaryl/α,β-unsaturated/α-hetero) is 1. The number of amides is 1. The lowest BCUT2D eigenvalue weighted by molar-refractivity contribution is -0.133. The summed E-state index contributed by atoms with van der Waals surface area (Å²) in [5.74, 6) is 0.366. The number of ketones is 1. The van der Waals surface area contributed by atoms with Crippen molar-refractivity contribution in [1.82, 2.24) is 9.80 Å². The third kappa shape index (κ3) is 4.77. The molecule has 0 N–H and O–H groups in total. The lowest BCUT2D eigenvalue weighted by Crippen LogP contribution is -2.54. The van der Waals surface area contributed by atoms with E-state index in [9.17, 15) is 9.59 Å². The van der Waals surface area contributed by atoms with E-state index in [0.29, 0.717) is 19.3 Å². The van der Waals surface area contributed by atoms with E-state index >= 15 is 0 Å². The van der Waals surface area contributed by atoms with Gasteiger partial charge in [0.05, 0.1) is 0 Å². The molecule has 1 amide bonds. The second-order valence-corrected chi connectivity index (χ2v) is 6.09. The third-order valence-corrected chi connectivity index (χ3v) is 3.50. The molecule has 4 heteroatoms. The molecule has 4 nitrogen and oxygen atoms in total. The Bertz CT molecular complexity index is 299. The van der Waals surface area contributed by atoms with Gasteiger partial charge in [-0.05, 0) is 34.1 Å². The van der Waals surface area contributed by atoms with E-state index in [-0.39, 0.29) is 17.2 Å². The first-order chi connectivity index (χ1) is 8.30. The Morgan fingerprint density at radius 3 is 2.00 bits per heavy atom. The molecule has 0 atom stereocenters. The predicted octanol–water partition coefficient (Wildman–Crippen LogP) is 1.69. The number of carbonyl (C=O) groups excluding carboxylic acids is 2. The Hall–Kier alpha value is -0.900. The van der Waals surface area contributed by atoms with Crippen LogP contribution in [-0.4, -0.2) is 53.2 Å². The van der Waals surface area contributed by atoms with E-state index in [1.807, 2.05) is 4.90 Å². The summed E-state index contributed by atoms with van der Waals surface area (Å²) in [7, 11) is 0. The summed E-state index contributed by atoms with van der Waals surface area (Å²) in [6.45, 7) is 11.7. The average molecular weight is 254 g/mol. The van der Waals surface area contributed by atoms with Crippen LogP contribution in [0, 0.1) is 0 Å². The van der Waals surface area contributed by atoms with E-state index in [0.717, 1.165) is 26.2 Å². The fourth-order valence-corrected chi connectivity index (χ4v) is 2.27. The van der Waals surface area contributed by atoms with Crippen molar-refractivity contribution in [2.75, 3.05) is 26.2 Å². The zero-order valence-electron chi connectivity index (χ0n) is 12.2. The maximum absolute atomic E-state index is 11.9. The summed E-state index contributed by atoms with van der Waals surface area (Å²) in [4.78, 5) is 27.1. The Balaban J connectivity index is 2.30. The summed E-state index contributed by atoms with van der Waals surface area (Å²) in [6.07, 6.45) is 1.72. The molecule has 1 saturated heterocycles. The molecule has 1 rings (SSSR count). The van der Waals surface area contributed by atoms with Crippen molar-refractivity contribution in [1.29, 1.82) is 0 Å². The van der Waals surface area contributed by atoms with Crippen LogP contribution in [0.15, 0.2) is 0 Å². The van der Waals surface area contributed by atoms with Crippen LogP contribution in [0.25, 0.3) is 0 Å². The molecule has 1 aliphatic rings. The molecule has 0 aromatic carbocycles. The van der Waals surface area contributed by atoms with Gasteiger partial charge in [0.25, 0.3) is 0 Å². The van der Waals surface area contributed by atoms with E-state index in [2.05, 4.69) is 25.7 Å². The molecule has 0 unspecified atom stereocenters. The van der Waals surface area contributed by atoms with Crippen LogP contribution in [0.2, 0.25) is 0 Å². The average Bonchev–Trinajstić information content (AvgIpc) is 2.27. The highest BCUT2D eigenvalue weighted by Crippen LogP contribution is 2.16. The van der Waals surface area contributed by atoms with Gasteiger partial charge in [0.1, 0.15) is 5.78 Å². The highest BCUT2D eigenvalue weighted by Gasteiger charge is 2.27. The maximum Gasteiger partial charge on any atom is 0.222 e. The van der Waals surface area contributed by atoms with Gasteiger partial charge in [-0.15, -0.1) is 0 Å². The number of carbonyl (C=O) groups is 2. The van der Waals surface area contributed by atoms with Crippen LogP contribution in [-0.2, 0) is 9.59 Å². The van der Waals surface area contributed by atoms with Gasteiger partial charge in [-0.2, -0.15) is 0 Å². The fourth-order valence-electron chi connectivity index (χ4n) is 2.27. The molecule has 0 saturated carbocycles. The van der Waals surface area contributed by atoms with Crippen LogP contribution < -0.4 is 0 Å². The molecule has 0 radical (unpaired) electrons. The van der Waals surface area contributed by atoms with Crippen molar-refractivity contribution in [2.24, 2.45) is 0 Å². The number of piperazine rings is 1. The van der Waals surface area contributed by atoms with Crippen LogP contribution in [0.4, 0.5) is 0 Å². The Morgan fingerprint density at radius 1 is 1.00 bits per heavy atom. The quantitative estimate of drug-likeness (QED) is 0.766.